The normalized spacial score (nSPS) is 15.6. The number of carbonyl (C=O) groups excluding carboxylic acids is 2. The molecule has 9 heteroatoms. The summed E-state index contributed by atoms with van der Waals surface area (Å²) in [6.07, 6.45) is 1.47. The van der Waals surface area contributed by atoms with E-state index in [1.807, 2.05) is 0 Å². The molecule has 1 heterocycles. The third kappa shape index (κ3) is 3.89. The third-order valence-corrected chi connectivity index (χ3v) is 5.21. The molecule has 0 aromatic heterocycles. The first kappa shape index (κ1) is 20.3. The van der Waals surface area contributed by atoms with Crippen LogP contribution in [0.4, 0.5) is 5.69 Å². The minimum atomic E-state index is -0.582. The Labute approximate surface area is 180 Å². The van der Waals surface area contributed by atoms with Gasteiger partial charge in [-0.05, 0) is 60.3 Å². The molecule has 28 heavy (non-hydrogen) atoms. The number of ether oxygens (including phenoxy) is 2. The molecule has 0 aliphatic carbocycles. The first-order valence-corrected chi connectivity index (χ1v) is 9.52. The summed E-state index contributed by atoms with van der Waals surface area (Å²) < 4.78 is 11.2. The van der Waals surface area contributed by atoms with E-state index in [0.29, 0.717) is 32.2 Å². The molecule has 2 aromatic rings. The molecule has 0 unspecified atom stereocenters. The molecule has 6 nitrogen and oxygen atoms in total. The fraction of sp³-hybridized carbons (Fsp3) is 0.105. The highest BCUT2D eigenvalue weighted by Crippen LogP contribution is 2.35. The molecule has 0 radical (unpaired) electrons. The highest BCUT2D eigenvalue weighted by Gasteiger charge is 2.34. The molecule has 1 aliphatic heterocycles. The molecule has 1 N–H and O–H groups in total. The molecular weight excluding hydrogens is 468 g/mol. The summed E-state index contributed by atoms with van der Waals surface area (Å²) in [7, 11) is 3.02. The van der Waals surface area contributed by atoms with Gasteiger partial charge >= 0.3 is 0 Å². The fourth-order valence-electron chi connectivity index (χ4n) is 2.62. The average Bonchev–Trinajstić information content (AvgIpc) is 2.67. The summed E-state index contributed by atoms with van der Waals surface area (Å²) in [5.74, 6) is -0.147. The van der Waals surface area contributed by atoms with E-state index in [4.69, 9.17) is 33.3 Å². The van der Waals surface area contributed by atoms with Crippen LogP contribution in [0.3, 0.4) is 0 Å². The highest BCUT2D eigenvalue weighted by molar-refractivity contribution is 9.10. The number of nitrogens with one attached hydrogen (secondary N) is 1. The number of nitrogens with zero attached hydrogens (tertiary/aromatic N) is 1. The second kappa shape index (κ2) is 8.30. The van der Waals surface area contributed by atoms with Crippen molar-refractivity contribution < 1.29 is 19.1 Å². The zero-order chi connectivity index (χ0) is 20.4. The Morgan fingerprint density at radius 1 is 1.11 bits per heavy atom. The van der Waals surface area contributed by atoms with Gasteiger partial charge in [-0.3, -0.25) is 19.8 Å². The number of hydrogen-bond donors (Lipinski definition) is 1. The fourth-order valence-corrected chi connectivity index (χ4v) is 3.46. The minimum absolute atomic E-state index is 0.000787. The van der Waals surface area contributed by atoms with Crippen LogP contribution in [0.25, 0.3) is 6.08 Å². The smallest absolute Gasteiger partial charge is 0.270 e. The maximum absolute atomic E-state index is 13.0. The largest absolute Gasteiger partial charge is 0.493 e. The van der Waals surface area contributed by atoms with Crippen molar-refractivity contribution in [1.82, 2.24) is 5.32 Å². The van der Waals surface area contributed by atoms with Crippen LogP contribution < -0.4 is 19.7 Å². The number of carbonyl (C=O) groups is 2. The summed E-state index contributed by atoms with van der Waals surface area (Å²) in [5, 5.41) is 3.06. The number of thiocarbonyl (C=S) groups is 1. The molecule has 0 spiro atoms. The zero-order valence-corrected chi connectivity index (χ0v) is 17.9. The van der Waals surface area contributed by atoms with Crippen molar-refractivity contribution in [3.05, 3.63) is 57.0 Å². The zero-order valence-electron chi connectivity index (χ0n) is 14.8. The summed E-state index contributed by atoms with van der Waals surface area (Å²) in [6.45, 7) is 0. The van der Waals surface area contributed by atoms with Crippen molar-refractivity contribution >= 4 is 68.4 Å². The maximum Gasteiger partial charge on any atom is 0.270 e. The van der Waals surface area contributed by atoms with Crippen LogP contribution >= 0.6 is 39.7 Å². The lowest BCUT2D eigenvalue weighted by atomic mass is 10.1. The van der Waals surface area contributed by atoms with E-state index in [0.717, 1.165) is 0 Å². The Morgan fingerprint density at radius 3 is 2.32 bits per heavy atom. The van der Waals surface area contributed by atoms with Gasteiger partial charge in [-0.15, -0.1) is 0 Å². The average molecular weight is 482 g/mol. The van der Waals surface area contributed by atoms with Gasteiger partial charge in [0.1, 0.15) is 5.57 Å². The summed E-state index contributed by atoms with van der Waals surface area (Å²) in [4.78, 5) is 26.7. The Hall–Kier alpha value is -2.42. The van der Waals surface area contributed by atoms with Gasteiger partial charge in [0.05, 0.1) is 19.9 Å². The first-order chi connectivity index (χ1) is 13.3. The molecule has 144 valence electrons. The van der Waals surface area contributed by atoms with Gasteiger partial charge in [-0.25, -0.2) is 0 Å². The molecule has 1 aliphatic rings. The minimum Gasteiger partial charge on any atom is -0.493 e. The van der Waals surface area contributed by atoms with Crippen molar-refractivity contribution in [2.75, 3.05) is 19.1 Å². The third-order valence-electron chi connectivity index (χ3n) is 3.99. The maximum atomic E-state index is 13.0. The summed E-state index contributed by atoms with van der Waals surface area (Å²) in [5.41, 5.74) is 0.994. The van der Waals surface area contributed by atoms with E-state index in [2.05, 4.69) is 21.2 Å². The Morgan fingerprint density at radius 2 is 1.71 bits per heavy atom. The predicted molar refractivity (Wildman–Crippen MR) is 115 cm³/mol. The lowest BCUT2D eigenvalue weighted by Crippen LogP contribution is -2.54. The van der Waals surface area contributed by atoms with E-state index in [-0.39, 0.29) is 10.7 Å². The number of rotatable bonds is 4. The molecule has 2 aromatic carbocycles. The second-order valence-corrected chi connectivity index (χ2v) is 7.34. The summed E-state index contributed by atoms with van der Waals surface area (Å²) in [6, 6.07) is 9.92. The van der Waals surface area contributed by atoms with Crippen LogP contribution in [-0.2, 0) is 9.59 Å². The number of halogens is 2. The molecular formula is C19H14BrClN2O4S. The van der Waals surface area contributed by atoms with Crippen molar-refractivity contribution in [3.63, 3.8) is 0 Å². The van der Waals surface area contributed by atoms with Gasteiger partial charge in [0.2, 0.25) is 0 Å². The van der Waals surface area contributed by atoms with E-state index in [1.54, 1.807) is 36.4 Å². The predicted octanol–water partition coefficient (Wildman–Crippen LogP) is 3.95. The van der Waals surface area contributed by atoms with Gasteiger partial charge in [-0.2, -0.15) is 0 Å². The lowest BCUT2D eigenvalue weighted by Gasteiger charge is -2.29. The van der Waals surface area contributed by atoms with Gasteiger partial charge < -0.3 is 9.47 Å². The monoisotopic (exact) mass is 480 g/mol. The van der Waals surface area contributed by atoms with Crippen LogP contribution in [0.1, 0.15) is 5.56 Å². The summed E-state index contributed by atoms with van der Waals surface area (Å²) >= 11 is 14.5. The van der Waals surface area contributed by atoms with Crippen molar-refractivity contribution in [3.8, 4) is 11.5 Å². The van der Waals surface area contributed by atoms with E-state index < -0.39 is 11.8 Å². The van der Waals surface area contributed by atoms with E-state index >= 15 is 0 Å². The molecule has 1 saturated heterocycles. The Bertz CT molecular complexity index is 1010. The SMILES string of the molecule is COc1cc(Br)c(/C=C2\C(=O)NC(=S)N(c3ccc(Cl)cc3)C2=O)cc1OC. The Kier molecular flexibility index (Phi) is 6.02. The molecule has 2 amide bonds. The molecule has 0 bridgehead atoms. The van der Waals surface area contributed by atoms with Gasteiger partial charge in [-0.1, -0.05) is 27.5 Å². The van der Waals surface area contributed by atoms with Gasteiger partial charge in [0.15, 0.2) is 16.6 Å². The highest BCUT2D eigenvalue weighted by atomic mass is 79.9. The second-order valence-electron chi connectivity index (χ2n) is 5.66. The van der Waals surface area contributed by atoms with Crippen molar-refractivity contribution in [1.29, 1.82) is 0 Å². The standard InChI is InChI=1S/C19H14BrClN2O4S/c1-26-15-8-10(14(20)9-16(15)27-2)7-13-17(24)22-19(28)23(18(13)25)12-5-3-11(21)4-6-12/h3-9H,1-2H3,(H,22,24,28)/b13-7+. The van der Waals surface area contributed by atoms with E-state index in [1.165, 1.54) is 25.2 Å². The van der Waals surface area contributed by atoms with Crippen LogP contribution in [0.15, 0.2) is 46.4 Å². The number of hydrogen-bond acceptors (Lipinski definition) is 5. The number of amides is 2. The van der Waals surface area contributed by atoms with Crippen LogP contribution in [-0.4, -0.2) is 31.1 Å². The molecule has 1 fully saturated rings. The quantitative estimate of drug-likeness (QED) is 0.407. The molecule has 3 rings (SSSR count). The molecule has 0 atom stereocenters. The Balaban J connectivity index is 2.05. The number of benzene rings is 2. The number of methoxy groups -OCH3 is 2. The van der Waals surface area contributed by atoms with Crippen LogP contribution in [0, 0.1) is 0 Å². The lowest BCUT2D eigenvalue weighted by molar-refractivity contribution is -0.122. The van der Waals surface area contributed by atoms with Gasteiger partial charge in [0, 0.05) is 9.50 Å². The van der Waals surface area contributed by atoms with Crippen LogP contribution in [0.2, 0.25) is 5.02 Å². The topological polar surface area (TPSA) is 67.9 Å². The van der Waals surface area contributed by atoms with Crippen LogP contribution in [0.5, 0.6) is 11.5 Å². The number of anilines is 1. The molecule has 0 saturated carbocycles. The van der Waals surface area contributed by atoms with Crippen molar-refractivity contribution in [2.45, 2.75) is 0 Å². The van der Waals surface area contributed by atoms with E-state index in [9.17, 15) is 9.59 Å². The van der Waals surface area contributed by atoms with Gasteiger partial charge in [0.25, 0.3) is 11.8 Å². The first-order valence-electron chi connectivity index (χ1n) is 7.94. The van der Waals surface area contributed by atoms with Crippen molar-refractivity contribution in [2.24, 2.45) is 0 Å².